The maximum absolute atomic E-state index is 10.4. The predicted molar refractivity (Wildman–Crippen MR) is 121 cm³/mol. The Morgan fingerprint density at radius 3 is 2.57 bits per heavy atom. The number of aliphatic hydroxyl groups excluding tert-OH is 1. The maximum atomic E-state index is 10.4. The second-order valence-electron chi connectivity index (χ2n) is 8.71. The van der Waals surface area contributed by atoms with Crippen molar-refractivity contribution in [3.05, 3.63) is 23.8 Å². The van der Waals surface area contributed by atoms with Gasteiger partial charge >= 0.3 is 0 Å². The van der Waals surface area contributed by atoms with Gasteiger partial charge in [0.1, 0.15) is 12.7 Å². The van der Waals surface area contributed by atoms with Crippen LogP contribution in [0.3, 0.4) is 0 Å². The zero-order chi connectivity index (χ0) is 21.2. The second-order valence-corrected chi connectivity index (χ2v) is 8.71. The first-order chi connectivity index (χ1) is 14.7. The number of nitrogens with zero attached hydrogens (tertiary/aromatic N) is 2. The fourth-order valence-corrected chi connectivity index (χ4v) is 4.72. The lowest BCUT2D eigenvalue weighted by atomic mass is 9.94. The van der Waals surface area contributed by atoms with Gasteiger partial charge in [-0.05, 0) is 56.5 Å². The zero-order valence-electron chi connectivity index (χ0n) is 18.5. The molecule has 2 aliphatic rings. The van der Waals surface area contributed by atoms with Gasteiger partial charge in [-0.15, -0.1) is 6.42 Å². The standard InChI is InChI=1S/C25H38N2O3/c1-3-14-27(22-10-6-4-7-11-22)18-21-12-13-24(29-2)25(17-21)30-20-23(28)19-26-15-8-5-9-16-26/h1,12-13,17,22-23,28H,4-11,14-16,18-20H2,2H3. The summed E-state index contributed by atoms with van der Waals surface area (Å²) in [7, 11) is 1.65. The van der Waals surface area contributed by atoms with Crippen molar-refractivity contribution in [2.45, 2.75) is 70.1 Å². The predicted octanol–water partition coefficient (Wildman–Crippen LogP) is 3.69. The number of piperidine rings is 1. The Bertz CT molecular complexity index is 675. The number of hydrogen-bond donors (Lipinski definition) is 1. The third-order valence-electron chi connectivity index (χ3n) is 6.35. The van der Waals surface area contributed by atoms with Gasteiger partial charge in [0.05, 0.1) is 13.7 Å². The largest absolute Gasteiger partial charge is 0.493 e. The minimum absolute atomic E-state index is 0.271. The average Bonchev–Trinajstić information content (AvgIpc) is 2.79. The summed E-state index contributed by atoms with van der Waals surface area (Å²) in [4.78, 5) is 4.74. The molecule has 1 aliphatic heterocycles. The van der Waals surface area contributed by atoms with Crippen molar-refractivity contribution < 1.29 is 14.6 Å². The minimum atomic E-state index is -0.503. The van der Waals surface area contributed by atoms with Gasteiger partial charge in [0.15, 0.2) is 11.5 Å². The number of methoxy groups -OCH3 is 1. The molecule has 1 saturated carbocycles. The highest BCUT2D eigenvalue weighted by molar-refractivity contribution is 5.43. The van der Waals surface area contributed by atoms with E-state index in [1.54, 1.807) is 7.11 Å². The lowest BCUT2D eigenvalue weighted by molar-refractivity contribution is 0.0607. The van der Waals surface area contributed by atoms with E-state index in [2.05, 4.69) is 21.8 Å². The maximum Gasteiger partial charge on any atom is 0.161 e. The van der Waals surface area contributed by atoms with E-state index in [9.17, 15) is 5.11 Å². The highest BCUT2D eigenvalue weighted by Gasteiger charge is 2.21. The fraction of sp³-hybridized carbons (Fsp3) is 0.680. The summed E-state index contributed by atoms with van der Waals surface area (Å²) in [5, 5.41) is 10.4. The normalized spacial score (nSPS) is 19.4. The topological polar surface area (TPSA) is 45.2 Å². The number of β-amino-alcohol motifs (C(OH)–C–C–N with tert-alkyl or cyclic N) is 1. The molecule has 1 N–H and O–H groups in total. The fourth-order valence-electron chi connectivity index (χ4n) is 4.72. The number of aliphatic hydroxyl groups is 1. The van der Waals surface area contributed by atoms with Crippen LogP contribution in [-0.4, -0.2) is 66.9 Å². The van der Waals surface area contributed by atoms with E-state index < -0.39 is 6.10 Å². The molecule has 0 aromatic heterocycles. The Balaban J connectivity index is 1.59. The molecule has 1 aromatic rings. The summed E-state index contributed by atoms with van der Waals surface area (Å²) >= 11 is 0. The molecule has 3 rings (SSSR count). The van der Waals surface area contributed by atoms with E-state index in [0.717, 1.165) is 25.2 Å². The van der Waals surface area contributed by atoms with Crippen LogP contribution < -0.4 is 9.47 Å². The van der Waals surface area contributed by atoms with Crippen LogP contribution in [0.5, 0.6) is 11.5 Å². The quantitative estimate of drug-likeness (QED) is 0.592. The Morgan fingerprint density at radius 2 is 1.87 bits per heavy atom. The van der Waals surface area contributed by atoms with E-state index in [4.69, 9.17) is 15.9 Å². The summed E-state index contributed by atoms with van der Waals surface area (Å²) in [5.74, 6) is 4.22. The molecule has 1 aliphatic carbocycles. The summed E-state index contributed by atoms with van der Waals surface area (Å²) in [5.41, 5.74) is 1.16. The first kappa shape index (κ1) is 22.9. The van der Waals surface area contributed by atoms with Gasteiger partial charge in [-0.3, -0.25) is 4.90 Å². The minimum Gasteiger partial charge on any atom is -0.493 e. The molecule has 0 spiro atoms. The molecule has 1 heterocycles. The number of benzene rings is 1. The van der Waals surface area contributed by atoms with Crippen molar-refractivity contribution in [2.75, 3.05) is 39.9 Å². The highest BCUT2D eigenvalue weighted by Crippen LogP contribution is 2.30. The van der Waals surface area contributed by atoms with E-state index in [1.165, 1.54) is 51.4 Å². The van der Waals surface area contributed by atoms with Crippen LogP contribution >= 0.6 is 0 Å². The van der Waals surface area contributed by atoms with Gasteiger partial charge in [0.25, 0.3) is 0 Å². The van der Waals surface area contributed by atoms with Gasteiger partial charge in [-0.25, -0.2) is 0 Å². The molecule has 2 fully saturated rings. The lowest BCUT2D eigenvalue weighted by Crippen LogP contribution is -2.38. The summed E-state index contributed by atoms with van der Waals surface area (Å²) in [6.07, 6.45) is 15.3. The van der Waals surface area contributed by atoms with Gasteiger partial charge in [-0.2, -0.15) is 0 Å². The van der Waals surface area contributed by atoms with Gasteiger partial charge in [-0.1, -0.05) is 37.7 Å². The van der Waals surface area contributed by atoms with Crippen molar-refractivity contribution in [1.82, 2.24) is 9.80 Å². The molecule has 1 atom stereocenters. The molecule has 5 heteroatoms. The molecular weight excluding hydrogens is 376 g/mol. The van der Waals surface area contributed by atoms with E-state index in [0.29, 0.717) is 30.6 Å². The summed E-state index contributed by atoms with van der Waals surface area (Å²) in [6.45, 7) is 4.56. The monoisotopic (exact) mass is 414 g/mol. The molecule has 166 valence electrons. The van der Waals surface area contributed by atoms with E-state index in [-0.39, 0.29) is 6.61 Å². The Morgan fingerprint density at radius 1 is 1.13 bits per heavy atom. The van der Waals surface area contributed by atoms with Gasteiger partial charge < -0.3 is 19.5 Å². The number of hydrogen-bond acceptors (Lipinski definition) is 5. The number of likely N-dealkylation sites (tertiary alicyclic amines) is 1. The highest BCUT2D eigenvalue weighted by atomic mass is 16.5. The van der Waals surface area contributed by atoms with Crippen LogP contribution in [0.1, 0.15) is 56.9 Å². The van der Waals surface area contributed by atoms with Crippen molar-refractivity contribution in [1.29, 1.82) is 0 Å². The Kier molecular flexibility index (Phi) is 9.32. The third-order valence-corrected chi connectivity index (χ3v) is 6.35. The lowest BCUT2D eigenvalue weighted by Gasteiger charge is -2.33. The average molecular weight is 415 g/mol. The molecule has 0 radical (unpaired) electrons. The molecule has 0 bridgehead atoms. The van der Waals surface area contributed by atoms with E-state index in [1.807, 2.05) is 12.1 Å². The Labute approximate surface area is 182 Å². The van der Waals surface area contributed by atoms with Crippen molar-refractivity contribution in [2.24, 2.45) is 0 Å². The van der Waals surface area contributed by atoms with Crippen LogP contribution in [-0.2, 0) is 6.54 Å². The van der Waals surface area contributed by atoms with Crippen LogP contribution in [0.25, 0.3) is 0 Å². The summed E-state index contributed by atoms with van der Waals surface area (Å²) in [6, 6.07) is 6.64. The van der Waals surface area contributed by atoms with Crippen LogP contribution in [0.4, 0.5) is 0 Å². The molecule has 0 amide bonds. The first-order valence-corrected chi connectivity index (χ1v) is 11.6. The van der Waals surface area contributed by atoms with E-state index >= 15 is 0 Å². The van der Waals surface area contributed by atoms with Crippen LogP contribution in [0, 0.1) is 12.3 Å². The van der Waals surface area contributed by atoms with Gasteiger partial charge in [0.2, 0.25) is 0 Å². The molecule has 1 aromatic carbocycles. The smallest absolute Gasteiger partial charge is 0.161 e. The van der Waals surface area contributed by atoms with Crippen molar-refractivity contribution in [3.63, 3.8) is 0 Å². The number of rotatable bonds is 10. The van der Waals surface area contributed by atoms with Crippen molar-refractivity contribution >= 4 is 0 Å². The molecular formula is C25H38N2O3. The van der Waals surface area contributed by atoms with Crippen LogP contribution in [0.2, 0.25) is 0 Å². The second kappa shape index (κ2) is 12.2. The molecule has 30 heavy (non-hydrogen) atoms. The van der Waals surface area contributed by atoms with Gasteiger partial charge in [0, 0.05) is 19.1 Å². The van der Waals surface area contributed by atoms with Crippen LogP contribution in [0.15, 0.2) is 18.2 Å². The molecule has 1 saturated heterocycles. The SMILES string of the molecule is C#CCN(Cc1ccc(OC)c(OCC(O)CN2CCCCC2)c1)C1CCCCC1. The first-order valence-electron chi connectivity index (χ1n) is 11.6. The summed E-state index contributed by atoms with van der Waals surface area (Å²) < 4.78 is 11.5. The zero-order valence-corrected chi connectivity index (χ0v) is 18.5. The number of ether oxygens (including phenoxy) is 2. The molecule has 1 unspecified atom stereocenters. The Hall–Kier alpha value is -1.74. The third kappa shape index (κ3) is 6.91. The van der Waals surface area contributed by atoms with Crippen molar-refractivity contribution in [3.8, 4) is 23.8 Å². The molecule has 5 nitrogen and oxygen atoms in total. The number of terminal acetylenes is 1.